The van der Waals surface area contributed by atoms with E-state index in [1.165, 1.54) is 18.5 Å². The number of hydrogen-bond donors (Lipinski definition) is 2. The minimum Gasteiger partial charge on any atom is -0.366 e. The van der Waals surface area contributed by atoms with Gasteiger partial charge in [-0.05, 0) is 18.8 Å². The maximum absolute atomic E-state index is 12.1. The molecule has 2 rings (SSSR count). The lowest BCUT2D eigenvalue weighted by Gasteiger charge is -2.27. The summed E-state index contributed by atoms with van der Waals surface area (Å²) in [5, 5.41) is 0. The van der Waals surface area contributed by atoms with Crippen molar-refractivity contribution in [2.24, 2.45) is 5.92 Å². The number of nitrogens with one attached hydrogen (secondary N) is 2. The smallest absolute Gasteiger partial charge is 0.246 e. The molecule has 1 aromatic heterocycles. The van der Waals surface area contributed by atoms with Gasteiger partial charge in [0.15, 0.2) is 0 Å². The quantitative estimate of drug-likeness (QED) is 0.867. The third-order valence-corrected chi connectivity index (χ3v) is 4.88. The van der Waals surface area contributed by atoms with Crippen LogP contribution in [0, 0.1) is 5.92 Å². The van der Waals surface area contributed by atoms with Gasteiger partial charge in [0, 0.05) is 24.5 Å². The molecule has 1 aliphatic rings. The first-order valence-corrected chi connectivity index (χ1v) is 7.67. The van der Waals surface area contributed by atoms with Crippen LogP contribution in [0.25, 0.3) is 0 Å². The maximum atomic E-state index is 12.1. The third kappa shape index (κ3) is 3.00. The van der Waals surface area contributed by atoms with Gasteiger partial charge in [-0.3, -0.25) is 4.79 Å². The fraction of sp³-hybridized carbons (Fsp3) is 0.583. The Bertz CT molecular complexity index is 565. The molecule has 1 heterocycles. The highest BCUT2D eigenvalue weighted by atomic mass is 32.2. The molecule has 1 fully saturated rings. The molecule has 0 aliphatic heterocycles. The zero-order valence-corrected chi connectivity index (χ0v) is 11.2. The van der Waals surface area contributed by atoms with Crippen LogP contribution in [0.1, 0.15) is 32.6 Å². The summed E-state index contributed by atoms with van der Waals surface area (Å²) in [4.78, 5) is 14.0. The first kappa shape index (κ1) is 13.3. The van der Waals surface area contributed by atoms with E-state index in [1.54, 1.807) is 0 Å². The molecule has 2 N–H and O–H groups in total. The van der Waals surface area contributed by atoms with Crippen molar-refractivity contribution in [2.75, 3.05) is 0 Å². The summed E-state index contributed by atoms with van der Waals surface area (Å²) in [5.41, 5.74) is -0.481. The van der Waals surface area contributed by atoms with Gasteiger partial charge in [-0.15, -0.1) is 0 Å². The second-order valence-electron chi connectivity index (χ2n) is 4.96. The normalized spacial score (nSPS) is 24.9. The second-order valence-corrected chi connectivity index (χ2v) is 6.65. The van der Waals surface area contributed by atoms with Crippen LogP contribution < -0.4 is 10.2 Å². The number of H-pyrrole nitrogens is 1. The molecular formula is C12H18N2O3S. The molecule has 2 unspecified atom stereocenters. The molecule has 1 aromatic rings. The highest BCUT2D eigenvalue weighted by molar-refractivity contribution is 7.89. The molecule has 0 bridgehead atoms. The summed E-state index contributed by atoms with van der Waals surface area (Å²) in [7, 11) is -3.71. The molecule has 0 radical (unpaired) electrons. The first-order valence-electron chi connectivity index (χ1n) is 6.18. The van der Waals surface area contributed by atoms with Crippen LogP contribution in [0.2, 0.25) is 0 Å². The van der Waals surface area contributed by atoms with Crippen molar-refractivity contribution < 1.29 is 8.42 Å². The standard InChI is InChI=1S/C12H18N2O3S/c1-9-3-2-4-10(7-9)14-18(16,17)12-8-13-6-5-11(12)15/h5-6,8-10,14H,2-4,7H2,1H3,(H,13,15). The van der Waals surface area contributed by atoms with Crippen molar-refractivity contribution in [2.45, 2.75) is 43.5 Å². The molecule has 100 valence electrons. The highest BCUT2D eigenvalue weighted by Crippen LogP contribution is 2.24. The van der Waals surface area contributed by atoms with E-state index in [0.717, 1.165) is 25.7 Å². The summed E-state index contributed by atoms with van der Waals surface area (Å²) in [6, 6.07) is 1.16. The predicted molar refractivity (Wildman–Crippen MR) is 68.8 cm³/mol. The lowest BCUT2D eigenvalue weighted by Crippen LogP contribution is -2.39. The number of aromatic amines is 1. The largest absolute Gasteiger partial charge is 0.366 e. The van der Waals surface area contributed by atoms with Crippen LogP contribution in [0.3, 0.4) is 0 Å². The van der Waals surface area contributed by atoms with Crippen molar-refractivity contribution in [3.63, 3.8) is 0 Å². The summed E-state index contributed by atoms with van der Waals surface area (Å²) in [5.74, 6) is 0.528. The minimum absolute atomic E-state index is 0.0571. The van der Waals surface area contributed by atoms with Gasteiger partial charge in [-0.1, -0.05) is 19.8 Å². The Kier molecular flexibility index (Phi) is 3.87. The second kappa shape index (κ2) is 5.24. The minimum atomic E-state index is -3.71. The van der Waals surface area contributed by atoms with Gasteiger partial charge in [0.05, 0.1) is 0 Å². The van der Waals surface area contributed by atoms with E-state index in [4.69, 9.17) is 0 Å². The summed E-state index contributed by atoms with van der Waals surface area (Å²) < 4.78 is 26.8. The first-order chi connectivity index (χ1) is 8.49. The van der Waals surface area contributed by atoms with Gasteiger partial charge in [-0.2, -0.15) is 0 Å². The van der Waals surface area contributed by atoms with Crippen molar-refractivity contribution in [3.8, 4) is 0 Å². The number of sulfonamides is 1. The van der Waals surface area contributed by atoms with E-state index in [9.17, 15) is 13.2 Å². The fourth-order valence-electron chi connectivity index (χ4n) is 2.43. The number of rotatable bonds is 3. The average Bonchev–Trinajstić information content (AvgIpc) is 2.28. The average molecular weight is 270 g/mol. The zero-order valence-electron chi connectivity index (χ0n) is 10.3. The van der Waals surface area contributed by atoms with Gasteiger partial charge in [0.25, 0.3) is 0 Å². The van der Waals surface area contributed by atoms with Crippen molar-refractivity contribution in [3.05, 3.63) is 28.7 Å². The van der Waals surface area contributed by atoms with Crippen LogP contribution in [0.4, 0.5) is 0 Å². The maximum Gasteiger partial charge on any atom is 0.246 e. The van der Waals surface area contributed by atoms with Gasteiger partial charge in [-0.25, -0.2) is 13.1 Å². The van der Waals surface area contributed by atoms with Crippen LogP contribution >= 0.6 is 0 Å². The third-order valence-electron chi connectivity index (χ3n) is 3.34. The zero-order chi connectivity index (χ0) is 13.2. The van der Waals surface area contributed by atoms with E-state index >= 15 is 0 Å². The van der Waals surface area contributed by atoms with Gasteiger partial charge < -0.3 is 4.98 Å². The fourth-order valence-corrected chi connectivity index (χ4v) is 3.77. The molecule has 0 spiro atoms. The van der Waals surface area contributed by atoms with E-state index in [2.05, 4.69) is 16.6 Å². The van der Waals surface area contributed by atoms with E-state index in [-0.39, 0.29) is 10.9 Å². The Morgan fingerprint density at radius 2 is 2.17 bits per heavy atom. The van der Waals surface area contributed by atoms with E-state index < -0.39 is 15.5 Å². The number of hydrogen-bond acceptors (Lipinski definition) is 3. The van der Waals surface area contributed by atoms with Gasteiger partial charge in [0.2, 0.25) is 15.5 Å². The van der Waals surface area contributed by atoms with E-state index in [1.807, 2.05) is 0 Å². The SMILES string of the molecule is CC1CCCC(NS(=O)(=O)c2c[nH]ccc2=O)C1. The molecule has 0 saturated heterocycles. The predicted octanol–water partition coefficient (Wildman–Crippen LogP) is 1.23. The van der Waals surface area contributed by atoms with Crippen molar-refractivity contribution in [1.82, 2.24) is 9.71 Å². The Morgan fingerprint density at radius 3 is 2.83 bits per heavy atom. The number of pyridine rings is 1. The topological polar surface area (TPSA) is 79.0 Å². The molecule has 1 saturated carbocycles. The number of aromatic nitrogens is 1. The van der Waals surface area contributed by atoms with Crippen LogP contribution in [0.5, 0.6) is 0 Å². The Morgan fingerprint density at radius 1 is 1.39 bits per heavy atom. The summed E-state index contributed by atoms with van der Waals surface area (Å²) in [6.07, 6.45) is 6.50. The van der Waals surface area contributed by atoms with Crippen LogP contribution in [-0.2, 0) is 10.0 Å². The monoisotopic (exact) mass is 270 g/mol. The molecule has 18 heavy (non-hydrogen) atoms. The molecule has 2 atom stereocenters. The lowest BCUT2D eigenvalue weighted by atomic mass is 9.88. The van der Waals surface area contributed by atoms with Crippen molar-refractivity contribution in [1.29, 1.82) is 0 Å². The molecule has 0 amide bonds. The molecule has 1 aliphatic carbocycles. The van der Waals surface area contributed by atoms with Gasteiger partial charge >= 0.3 is 0 Å². The van der Waals surface area contributed by atoms with Crippen molar-refractivity contribution >= 4 is 10.0 Å². The van der Waals surface area contributed by atoms with Crippen LogP contribution in [0.15, 0.2) is 28.2 Å². The lowest BCUT2D eigenvalue weighted by molar-refractivity contribution is 0.327. The summed E-state index contributed by atoms with van der Waals surface area (Å²) in [6.45, 7) is 2.12. The molecule has 6 heteroatoms. The molecular weight excluding hydrogens is 252 g/mol. The molecule has 0 aromatic carbocycles. The van der Waals surface area contributed by atoms with Crippen LogP contribution in [-0.4, -0.2) is 19.4 Å². The highest BCUT2D eigenvalue weighted by Gasteiger charge is 2.25. The Balaban J connectivity index is 2.17. The summed E-state index contributed by atoms with van der Waals surface area (Å²) >= 11 is 0. The Labute approximate surface area is 107 Å². The van der Waals surface area contributed by atoms with E-state index in [0.29, 0.717) is 5.92 Å². The molecule has 5 nitrogen and oxygen atoms in total. The Hall–Kier alpha value is -1.14. The van der Waals surface area contributed by atoms with Gasteiger partial charge in [0.1, 0.15) is 4.90 Å².